The number of pyridine rings is 2. The smallest absolute Gasteiger partial charge is 0.124 e. The maximum atomic E-state index is 4.76. The Morgan fingerprint density at radius 2 is 0.661 bits per heavy atom. The normalized spacial score (nSPS) is 11.9. The molecule has 1 aliphatic carbocycles. The fourth-order valence-corrected chi connectivity index (χ4v) is 11.2. The van der Waals surface area contributed by atoms with Crippen molar-refractivity contribution in [1.29, 1.82) is 0 Å². The van der Waals surface area contributed by atoms with Gasteiger partial charge in [0.2, 0.25) is 0 Å². The highest BCUT2D eigenvalue weighted by Gasteiger charge is 2.23. The second kappa shape index (κ2) is 12.4. The predicted molar refractivity (Wildman–Crippen MR) is 239 cm³/mol. The molecule has 4 heteroatoms. The molecule has 4 heterocycles. The van der Waals surface area contributed by atoms with Gasteiger partial charge in [0.25, 0.3) is 0 Å². The highest BCUT2D eigenvalue weighted by Crippen LogP contribution is 2.49. The van der Waals surface area contributed by atoms with Crippen LogP contribution in [0.15, 0.2) is 182 Å². The zero-order chi connectivity index (χ0) is 36.7. The molecule has 0 fully saturated rings. The Hall–Kier alpha value is -6.72. The Balaban J connectivity index is 1.13. The van der Waals surface area contributed by atoms with Gasteiger partial charge in [-0.2, -0.15) is 0 Å². The van der Waals surface area contributed by atoms with Crippen molar-refractivity contribution < 1.29 is 0 Å². The minimum absolute atomic E-state index is 1.07. The molecule has 0 spiro atoms. The molecule has 0 N–H and O–H groups in total. The molecule has 4 aromatic heterocycles. The van der Waals surface area contributed by atoms with Crippen LogP contribution < -0.4 is 0 Å². The lowest BCUT2D eigenvalue weighted by Crippen LogP contribution is -1.97. The number of thiophene rings is 2. The van der Waals surface area contributed by atoms with Gasteiger partial charge in [-0.25, -0.2) is 9.97 Å². The third kappa shape index (κ3) is 4.80. The van der Waals surface area contributed by atoms with E-state index in [1.165, 1.54) is 109 Å². The van der Waals surface area contributed by atoms with Crippen molar-refractivity contribution in [1.82, 2.24) is 9.97 Å². The minimum atomic E-state index is 1.07. The molecule has 260 valence electrons. The molecule has 1 aliphatic rings. The van der Waals surface area contributed by atoms with E-state index in [4.69, 9.17) is 9.97 Å². The highest BCUT2D eigenvalue weighted by molar-refractivity contribution is 7.26. The minimum Gasteiger partial charge on any atom is -0.245 e. The van der Waals surface area contributed by atoms with Crippen molar-refractivity contribution in [3.63, 3.8) is 0 Å². The molecule has 12 rings (SSSR count). The van der Waals surface area contributed by atoms with Gasteiger partial charge >= 0.3 is 0 Å². The summed E-state index contributed by atoms with van der Waals surface area (Å²) < 4.78 is 2.52. The van der Waals surface area contributed by atoms with Crippen LogP contribution in [0.2, 0.25) is 0 Å². The zero-order valence-corrected chi connectivity index (χ0v) is 31.7. The standard InChI is InChI=1S/C52H30N2S2/c1-2-12-38-37(11-1)39-13-3-4-15-41(39)43-24-23-31(30-48(43)42-16-6-5-14-40(38)42)32-27-33(35-17-7-19-44-46-21-9-25-53-51(46)55-49(35)44)29-34(28-32)36-18-8-20-45-47-22-10-26-54-52(47)56-50(36)45/h1-30H. The SMILES string of the molecule is c1ccc2c(c1)-c1ccccc1-c1ccc(-c3cc(-c4cccc5c4sc4ncccc45)cc(-c4cccc5c4sc4ncccc45)c3)cc1-c1ccccc1-2. The summed E-state index contributed by atoms with van der Waals surface area (Å²) in [5, 5.41) is 4.90. The average Bonchev–Trinajstić information content (AvgIpc) is 3.84. The van der Waals surface area contributed by atoms with Crippen molar-refractivity contribution in [2.75, 3.05) is 0 Å². The Kier molecular flexibility index (Phi) is 7.00. The van der Waals surface area contributed by atoms with E-state index < -0.39 is 0 Å². The first kappa shape index (κ1) is 31.6. The Labute approximate surface area is 331 Å². The Bertz CT molecular complexity index is 3250. The number of nitrogens with zero attached hydrogens (tertiary/aromatic N) is 2. The molecule has 0 unspecified atom stereocenters. The van der Waals surface area contributed by atoms with E-state index >= 15 is 0 Å². The van der Waals surface area contributed by atoms with E-state index in [9.17, 15) is 0 Å². The highest BCUT2D eigenvalue weighted by atomic mass is 32.1. The van der Waals surface area contributed by atoms with Gasteiger partial charge < -0.3 is 0 Å². The number of fused-ring (bicyclic) bond motifs is 14. The van der Waals surface area contributed by atoms with Crippen molar-refractivity contribution >= 4 is 63.3 Å². The molecule has 2 nitrogen and oxygen atoms in total. The summed E-state index contributed by atoms with van der Waals surface area (Å²) in [5.41, 5.74) is 17.2. The lowest BCUT2D eigenvalue weighted by Gasteiger charge is -2.23. The fraction of sp³-hybridized carbons (Fsp3) is 0. The predicted octanol–water partition coefficient (Wildman–Crippen LogP) is 15.2. The van der Waals surface area contributed by atoms with Crippen LogP contribution in [0, 0.1) is 0 Å². The van der Waals surface area contributed by atoms with Crippen LogP contribution in [0.5, 0.6) is 0 Å². The first-order valence-corrected chi connectivity index (χ1v) is 20.5. The third-order valence-electron chi connectivity index (χ3n) is 11.4. The van der Waals surface area contributed by atoms with E-state index in [1.807, 2.05) is 24.5 Å². The molecular formula is C52H30N2S2. The molecular weight excluding hydrogens is 717 g/mol. The summed E-state index contributed by atoms with van der Waals surface area (Å²) in [6.07, 6.45) is 3.79. The number of hydrogen-bond donors (Lipinski definition) is 0. The van der Waals surface area contributed by atoms with Gasteiger partial charge in [-0.05, 0) is 126 Å². The van der Waals surface area contributed by atoms with Crippen LogP contribution in [0.25, 0.3) is 118 Å². The van der Waals surface area contributed by atoms with Gasteiger partial charge in [-0.3, -0.25) is 0 Å². The average molecular weight is 747 g/mol. The van der Waals surface area contributed by atoms with Crippen LogP contribution in [-0.4, -0.2) is 9.97 Å². The number of rotatable bonds is 3. The van der Waals surface area contributed by atoms with Gasteiger partial charge in [0, 0.05) is 43.3 Å². The van der Waals surface area contributed by atoms with Crippen molar-refractivity contribution in [2.24, 2.45) is 0 Å². The first-order chi connectivity index (χ1) is 27.8. The zero-order valence-electron chi connectivity index (χ0n) is 30.0. The summed E-state index contributed by atoms with van der Waals surface area (Å²) in [4.78, 5) is 11.6. The van der Waals surface area contributed by atoms with E-state index in [2.05, 4.69) is 158 Å². The van der Waals surface area contributed by atoms with Crippen molar-refractivity contribution in [3.8, 4) is 77.9 Å². The van der Waals surface area contributed by atoms with Crippen LogP contribution in [0.4, 0.5) is 0 Å². The molecule has 0 saturated carbocycles. The van der Waals surface area contributed by atoms with Crippen molar-refractivity contribution in [2.45, 2.75) is 0 Å². The molecule has 0 saturated heterocycles. The molecule has 56 heavy (non-hydrogen) atoms. The third-order valence-corrected chi connectivity index (χ3v) is 13.7. The van der Waals surface area contributed by atoms with Gasteiger partial charge in [-0.15, -0.1) is 22.7 Å². The fourth-order valence-electron chi connectivity index (χ4n) is 8.87. The quantitative estimate of drug-likeness (QED) is 0.180. The molecule has 7 aromatic carbocycles. The van der Waals surface area contributed by atoms with E-state index in [1.54, 1.807) is 22.7 Å². The van der Waals surface area contributed by atoms with Crippen LogP contribution in [0.1, 0.15) is 0 Å². The van der Waals surface area contributed by atoms with E-state index in [0.29, 0.717) is 0 Å². The maximum Gasteiger partial charge on any atom is 0.124 e. The molecule has 0 atom stereocenters. The molecule has 0 aliphatic heterocycles. The number of aromatic nitrogens is 2. The van der Waals surface area contributed by atoms with E-state index in [0.717, 1.165) is 9.66 Å². The van der Waals surface area contributed by atoms with Gasteiger partial charge in [0.15, 0.2) is 0 Å². The van der Waals surface area contributed by atoms with Crippen LogP contribution in [-0.2, 0) is 0 Å². The van der Waals surface area contributed by atoms with Gasteiger partial charge in [0.1, 0.15) is 9.66 Å². The second-order valence-corrected chi connectivity index (χ2v) is 16.5. The van der Waals surface area contributed by atoms with Gasteiger partial charge in [-0.1, -0.05) is 121 Å². The van der Waals surface area contributed by atoms with Crippen LogP contribution in [0.3, 0.4) is 0 Å². The first-order valence-electron chi connectivity index (χ1n) is 18.9. The Morgan fingerprint density at radius 3 is 1.14 bits per heavy atom. The molecule has 0 amide bonds. The number of benzene rings is 7. The largest absolute Gasteiger partial charge is 0.245 e. The van der Waals surface area contributed by atoms with E-state index in [-0.39, 0.29) is 0 Å². The monoisotopic (exact) mass is 746 g/mol. The summed E-state index contributed by atoms with van der Waals surface area (Å²) in [6, 6.07) is 62.7. The number of hydrogen-bond acceptors (Lipinski definition) is 4. The van der Waals surface area contributed by atoms with Crippen molar-refractivity contribution in [3.05, 3.63) is 182 Å². The summed E-state index contributed by atoms with van der Waals surface area (Å²) in [7, 11) is 0. The summed E-state index contributed by atoms with van der Waals surface area (Å²) >= 11 is 3.56. The Morgan fingerprint density at radius 1 is 0.268 bits per heavy atom. The summed E-state index contributed by atoms with van der Waals surface area (Å²) in [6.45, 7) is 0. The lowest BCUT2D eigenvalue weighted by molar-refractivity contribution is 1.45. The van der Waals surface area contributed by atoms with Gasteiger partial charge in [0.05, 0.1) is 0 Å². The molecule has 0 bridgehead atoms. The van der Waals surface area contributed by atoms with Crippen LogP contribution >= 0.6 is 22.7 Å². The lowest BCUT2D eigenvalue weighted by atomic mass is 9.80. The topological polar surface area (TPSA) is 25.8 Å². The maximum absolute atomic E-state index is 4.76. The molecule has 0 radical (unpaired) electrons. The second-order valence-electron chi connectivity index (χ2n) is 14.5. The summed E-state index contributed by atoms with van der Waals surface area (Å²) in [5.74, 6) is 0. The molecule has 11 aromatic rings.